The lowest BCUT2D eigenvalue weighted by atomic mass is 9.89. The summed E-state index contributed by atoms with van der Waals surface area (Å²) in [7, 11) is 0. The third-order valence-corrected chi connectivity index (χ3v) is 3.59. The Morgan fingerprint density at radius 1 is 1.32 bits per heavy atom. The van der Waals surface area contributed by atoms with Gasteiger partial charge in [0.1, 0.15) is 5.82 Å². The number of hydrogen-bond acceptors (Lipinski definition) is 2. The molecule has 0 aromatic heterocycles. The Kier molecular flexibility index (Phi) is 4.77. The van der Waals surface area contributed by atoms with E-state index in [1.165, 1.54) is 45.1 Å². The zero-order valence-corrected chi connectivity index (χ0v) is 11.3. The molecule has 0 spiro atoms. The normalized spacial score (nSPS) is 16.1. The Hall–Kier alpha value is -1.58. The van der Waals surface area contributed by atoms with Crippen molar-refractivity contribution < 1.29 is 9.18 Å². The van der Waals surface area contributed by atoms with E-state index in [1.54, 1.807) is 12.1 Å². The van der Waals surface area contributed by atoms with Crippen molar-refractivity contribution in [3.05, 3.63) is 24.0 Å². The lowest BCUT2D eigenvalue weighted by molar-refractivity contribution is -0.114. The van der Waals surface area contributed by atoms with E-state index in [0.717, 1.165) is 6.54 Å². The number of carbonyl (C=O) groups excluding carboxylic acids is 1. The Labute approximate surface area is 113 Å². The van der Waals surface area contributed by atoms with Crippen LogP contribution < -0.4 is 10.6 Å². The number of benzene rings is 1. The lowest BCUT2D eigenvalue weighted by Crippen LogP contribution is -2.17. The van der Waals surface area contributed by atoms with Crippen molar-refractivity contribution in [1.29, 1.82) is 0 Å². The molecule has 1 aliphatic carbocycles. The summed E-state index contributed by atoms with van der Waals surface area (Å²) in [5.74, 6) is 0.215. The van der Waals surface area contributed by atoms with Crippen molar-refractivity contribution in [3.63, 3.8) is 0 Å². The van der Waals surface area contributed by atoms with Gasteiger partial charge in [-0.05, 0) is 37.0 Å². The van der Waals surface area contributed by atoms with E-state index in [4.69, 9.17) is 0 Å². The molecule has 0 atom stereocenters. The van der Waals surface area contributed by atoms with E-state index in [1.807, 2.05) is 0 Å². The van der Waals surface area contributed by atoms with Gasteiger partial charge in [0.15, 0.2) is 0 Å². The zero-order chi connectivity index (χ0) is 13.7. The van der Waals surface area contributed by atoms with E-state index in [0.29, 0.717) is 17.3 Å². The van der Waals surface area contributed by atoms with Crippen molar-refractivity contribution in [2.45, 2.75) is 39.0 Å². The summed E-state index contributed by atoms with van der Waals surface area (Å²) in [6.45, 7) is 2.25. The fourth-order valence-electron chi connectivity index (χ4n) is 2.59. The maximum atomic E-state index is 13.7. The van der Waals surface area contributed by atoms with Crippen LogP contribution in [0.5, 0.6) is 0 Å². The molecule has 1 aromatic carbocycles. The average Bonchev–Trinajstić information content (AvgIpc) is 2.40. The van der Waals surface area contributed by atoms with Gasteiger partial charge in [0, 0.05) is 19.2 Å². The molecule has 0 saturated heterocycles. The standard InChI is InChI=1S/C15H21FN2O/c1-11(19)18-13-7-8-14(16)15(9-13)17-10-12-5-3-2-4-6-12/h7-9,12,17H,2-6,10H2,1H3,(H,18,19). The molecular formula is C15H21FN2O. The summed E-state index contributed by atoms with van der Waals surface area (Å²) >= 11 is 0. The van der Waals surface area contributed by atoms with Gasteiger partial charge in [-0.3, -0.25) is 4.79 Å². The zero-order valence-electron chi connectivity index (χ0n) is 11.3. The lowest BCUT2D eigenvalue weighted by Gasteiger charge is -2.22. The highest BCUT2D eigenvalue weighted by Crippen LogP contribution is 2.25. The molecule has 104 valence electrons. The Morgan fingerprint density at radius 2 is 2.05 bits per heavy atom. The highest BCUT2D eigenvalue weighted by Gasteiger charge is 2.14. The molecule has 0 heterocycles. The molecule has 4 heteroatoms. The molecule has 1 fully saturated rings. The summed E-state index contributed by atoms with van der Waals surface area (Å²) in [6.07, 6.45) is 6.32. The summed E-state index contributed by atoms with van der Waals surface area (Å²) in [5, 5.41) is 5.83. The van der Waals surface area contributed by atoms with Gasteiger partial charge in [-0.1, -0.05) is 19.3 Å². The van der Waals surface area contributed by atoms with Crippen molar-refractivity contribution in [3.8, 4) is 0 Å². The van der Waals surface area contributed by atoms with Gasteiger partial charge in [0.2, 0.25) is 5.91 Å². The monoisotopic (exact) mass is 264 g/mol. The van der Waals surface area contributed by atoms with Crippen LogP contribution >= 0.6 is 0 Å². The van der Waals surface area contributed by atoms with Gasteiger partial charge >= 0.3 is 0 Å². The first kappa shape index (κ1) is 13.8. The average molecular weight is 264 g/mol. The molecule has 2 rings (SSSR count). The van der Waals surface area contributed by atoms with Crippen LogP contribution in [0.15, 0.2) is 18.2 Å². The van der Waals surface area contributed by atoms with Gasteiger partial charge in [-0.25, -0.2) is 4.39 Å². The van der Waals surface area contributed by atoms with Gasteiger partial charge in [0.25, 0.3) is 0 Å². The molecule has 0 unspecified atom stereocenters. The molecular weight excluding hydrogens is 243 g/mol. The van der Waals surface area contributed by atoms with Crippen LogP contribution in [0.4, 0.5) is 15.8 Å². The van der Waals surface area contributed by atoms with Crippen molar-refractivity contribution >= 4 is 17.3 Å². The number of rotatable bonds is 4. The van der Waals surface area contributed by atoms with E-state index in [9.17, 15) is 9.18 Å². The highest BCUT2D eigenvalue weighted by atomic mass is 19.1. The topological polar surface area (TPSA) is 41.1 Å². The number of halogens is 1. The minimum absolute atomic E-state index is 0.148. The fourth-order valence-corrected chi connectivity index (χ4v) is 2.59. The first-order chi connectivity index (χ1) is 9.15. The highest BCUT2D eigenvalue weighted by molar-refractivity contribution is 5.89. The van der Waals surface area contributed by atoms with Gasteiger partial charge in [-0.2, -0.15) is 0 Å². The quantitative estimate of drug-likeness (QED) is 0.869. The number of amides is 1. The second-order valence-electron chi connectivity index (χ2n) is 5.26. The smallest absolute Gasteiger partial charge is 0.221 e. The Morgan fingerprint density at radius 3 is 2.74 bits per heavy atom. The van der Waals surface area contributed by atoms with Crippen LogP contribution in [0.2, 0.25) is 0 Å². The number of carbonyl (C=O) groups is 1. The minimum atomic E-state index is -0.273. The summed E-state index contributed by atoms with van der Waals surface area (Å²) < 4.78 is 13.7. The first-order valence-corrected chi connectivity index (χ1v) is 6.96. The molecule has 1 aliphatic rings. The van der Waals surface area contributed by atoms with E-state index < -0.39 is 0 Å². The van der Waals surface area contributed by atoms with E-state index in [2.05, 4.69) is 10.6 Å². The van der Waals surface area contributed by atoms with Crippen molar-refractivity contribution in [1.82, 2.24) is 0 Å². The SMILES string of the molecule is CC(=O)Nc1ccc(F)c(NCC2CCCCC2)c1. The van der Waals surface area contributed by atoms with Gasteiger partial charge < -0.3 is 10.6 Å². The largest absolute Gasteiger partial charge is 0.382 e. The van der Waals surface area contributed by atoms with Crippen LogP contribution in [-0.4, -0.2) is 12.5 Å². The molecule has 0 aliphatic heterocycles. The number of hydrogen-bond donors (Lipinski definition) is 2. The molecule has 1 aromatic rings. The van der Waals surface area contributed by atoms with Crippen LogP contribution in [0, 0.1) is 11.7 Å². The predicted molar refractivity (Wildman–Crippen MR) is 75.8 cm³/mol. The van der Waals surface area contributed by atoms with Gasteiger partial charge in [0.05, 0.1) is 5.69 Å². The van der Waals surface area contributed by atoms with Crippen LogP contribution in [0.25, 0.3) is 0 Å². The van der Waals surface area contributed by atoms with Crippen LogP contribution in [0.1, 0.15) is 39.0 Å². The summed E-state index contributed by atoms with van der Waals surface area (Å²) in [4.78, 5) is 11.0. The van der Waals surface area contributed by atoms with Crippen LogP contribution in [-0.2, 0) is 4.79 Å². The van der Waals surface area contributed by atoms with E-state index >= 15 is 0 Å². The molecule has 3 nitrogen and oxygen atoms in total. The predicted octanol–water partition coefficient (Wildman–Crippen LogP) is 3.78. The molecule has 1 amide bonds. The van der Waals surface area contributed by atoms with Crippen LogP contribution in [0.3, 0.4) is 0 Å². The second kappa shape index (κ2) is 6.55. The maximum absolute atomic E-state index is 13.7. The molecule has 0 bridgehead atoms. The second-order valence-corrected chi connectivity index (χ2v) is 5.26. The molecule has 0 radical (unpaired) electrons. The molecule has 2 N–H and O–H groups in total. The number of nitrogens with one attached hydrogen (secondary N) is 2. The number of anilines is 2. The Balaban J connectivity index is 1.95. The summed E-state index contributed by atoms with van der Waals surface area (Å²) in [6, 6.07) is 4.61. The first-order valence-electron chi connectivity index (χ1n) is 6.96. The molecule has 19 heavy (non-hydrogen) atoms. The van der Waals surface area contributed by atoms with Gasteiger partial charge in [-0.15, -0.1) is 0 Å². The third kappa shape index (κ3) is 4.23. The fraction of sp³-hybridized carbons (Fsp3) is 0.533. The van der Waals surface area contributed by atoms with Crippen molar-refractivity contribution in [2.75, 3.05) is 17.2 Å². The molecule has 1 saturated carbocycles. The van der Waals surface area contributed by atoms with E-state index in [-0.39, 0.29) is 11.7 Å². The Bertz CT molecular complexity index is 442. The van der Waals surface area contributed by atoms with Crippen molar-refractivity contribution in [2.24, 2.45) is 5.92 Å². The minimum Gasteiger partial charge on any atom is -0.382 e. The maximum Gasteiger partial charge on any atom is 0.221 e. The summed E-state index contributed by atoms with van der Waals surface area (Å²) in [5.41, 5.74) is 1.09. The third-order valence-electron chi connectivity index (χ3n) is 3.59.